The lowest BCUT2D eigenvalue weighted by molar-refractivity contribution is 1.16. The van der Waals surface area contributed by atoms with Crippen molar-refractivity contribution in [2.24, 2.45) is 0 Å². The lowest BCUT2D eigenvalue weighted by Crippen LogP contribution is -2.61. The predicted octanol–water partition coefficient (Wildman–Crippen LogP) is 12.2. The fraction of sp³-hybridized carbons (Fsp3) is 0. The lowest BCUT2D eigenvalue weighted by Gasteiger charge is -2.44. The second-order valence-corrected chi connectivity index (χ2v) is 15.2. The topological polar surface area (TPSA) is 11.4 Å². The molecule has 4 heteroatoms. The van der Waals surface area contributed by atoms with Gasteiger partial charge in [0.1, 0.15) is 0 Å². The highest BCUT2D eigenvalue weighted by Crippen LogP contribution is 2.46. The van der Waals surface area contributed by atoms with Crippen LogP contribution in [0.15, 0.2) is 218 Å². The zero-order valence-electron chi connectivity index (χ0n) is 33.5. The molecule has 0 saturated carbocycles. The van der Waals surface area contributed by atoms with Crippen LogP contribution >= 0.6 is 0 Å². The molecule has 2 aliphatic rings. The predicted molar refractivity (Wildman–Crippen MR) is 246 cm³/mol. The molecule has 0 radical (unpaired) electrons. The van der Waals surface area contributed by atoms with Crippen molar-refractivity contribution in [3.8, 4) is 27.9 Å². The SMILES string of the molecule is [2H]c1ccc2c(c1)B1c3cc([2H])ccc3N(c3ccc(-c4ccccc4)cc3)c3cc(-n4c5ccccc5c5ccccc54)cc(c31)N2c1ccc(-c2ccccc2)cc1. The van der Waals surface area contributed by atoms with Crippen LogP contribution in [0.25, 0.3) is 49.7 Å². The van der Waals surface area contributed by atoms with E-state index in [1.54, 1.807) is 0 Å². The number of rotatable bonds is 5. The van der Waals surface area contributed by atoms with Gasteiger partial charge in [-0.15, -0.1) is 0 Å². The van der Waals surface area contributed by atoms with Gasteiger partial charge < -0.3 is 14.4 Å². The molecule has 0 spiro atoms. The molecule has 10 aromatic rings. The molecule has 3 nitrogen and oxygen atoms in total. The Kier molecular flexibility index (Phi) is 6.87. The molecular weight excluding hydrogens is 701 g/mol. The molecule has 9 aromatic carbocycles. The molecule has 0 amide bonds. The third-order valence-corrected chi connectivity index (χ3v) is 12.0. The Morgan fingerprint density at radius 1 is 0.345 bits per heavy atom. The summed E-state index contributed by atoms with van der Waals surface area (Å²) in [7, 11) is 0. The Labute approximate surface area is 341 Å². The van der Waals surface area contributed by atoms with Crippen LogP contribution in [-0.2, 0) is 0 Å². The van der Waals surface area contributed by atoms with Gasteiger partial charge in [0.2, 0.25) is 0 Å². The van der Waals surface area contributed by atoms with Gasteiger partial charge in [-0.05, 0) is 99.3 Å². The highest BCUT2D eigenvalue weighted by molar-refractivity contribution is 7.00. The second-order valence-electron chi connectivity index (χ2n) is 15.2. The van der Waals surface area contributed by atoms with Crippen molar-refractivity contribution in [1.82, 2.24) is 4.57 Å². The first-order valence-corrected chi connectivity index (χ1v) is 19.9. The lowest BCUT2D eigenvalue weighted by atomic mass is 9.33. The molecule has 0 fully saturated rings. The van der Waals surface area contributed by atoms with Crippen LogP contribution in [0.1, 0.15) is 2.74 Å². The van der Waals surface area contributed by atoms with E-state index in [1.807, 2.05) is 24.3 Å². The van der Waals surface area contributed by atoms with Crippen LogP contribution in [0.2, 0.25) is 0 Å². The summed E-state index contributed by atoms with van der Waals surface area (Å²) in [4.78, 5) is 4.78. The van der Waals surface area contributed by atoms with Crippen LogP contribution in [0, 0.1) is 0 Å². The fourth-order valence-electron chi connectivity index (χ4n) is 9.51. The maximum atomic E-state index is 8.95. The average molecular weight is 740 g/mol. The largest absolute Gasteiger partial charge is 0.311 e. The van der Waals surface area contributed by atoms with Gasteiger partial charge in [-0.3, -0.25) is 0 Å². The van der Waals surface area contributed by atoms with Gasteiger partial charge >= 0.3 is 0 Å². The number of hydrogen-bond donors (Lipinski definition) is 0. The summed E-state index contributed by atoms with van der Waals surface area (Å²) in [6.45, 7) is -0.206. The molecule has 0 bridgehead atoms. The van der Waals surface area contributed by atoms with E-state index in [4.69, 9.17) is 2.74 Å². The standard InChI is InChI=1S/C54H36BN3/c1-3-15-37(16-4-1)39-27-31-41(32-28-39)56-50-25-13-9-21-46(50)55-47-22-10-14-26-51(47)57(42-33-29-40(30-34-42)38-17-5-2-6-18-38)53-36-43(35-52(56)54(53)55)58-48-23-11-7-19-44(48)45-20-8-12-24-49(45)58/h1-36H/i9D,10D. The summed E-state index contributed by atoms with van der Waals surface area (Å²) in [5, 5.41) is 2.42. The number of aromatic nitrogens is 1. The maximum absolute atomic E-state index is 8.95. The molecule has 12 rings (SSSR count). The first-order chi connectivity index (χ1) is 29.6. The van der Waals surface area contributed by atoms with E-state index in [0.29, 0.717) is 12.1 Å². The van der Waals surface area contributed by atoms with E-state index < -0.39 is 0 Å². The van der Waals surface area contributed by atoms with Crippen LogP contribution < -0.4 is 26.2 Å². The normalized spacial score (nSPS) is 13.2. The van der Waals surface area contributed by atoms with E-state index in [0.717, 1.165) is 78.4 Å². The summed E-state index contributed by atoms with van der Waals surface area (Å²) in [5.74, 6) is 0. The number of anilines is 6. The van der Waals surface area contributed by atoms with E-state index in [1.165, 1.54) is 21.9 Å². The monoisotopic (exact) mass is 739 g/mol. The zero-order valence-corrected chi connectivity index (χ0v) is 31.5. The molecule has 2 aliphatic heterocycles. The van der Waals surface area contributed by atoms with Gasteiger partial charge in [0.15, 0.2) is 0 Å². The summed E-state index contributed by atoms with van der Waals surface area (Å²) in [6.07, 6.45) is 0. The fourth-order valence-corrected chi connectivity index (χ4v) is 9.51. The molecule has 0 aliphatic carbocycles. The van der Waals surface area contributed by atoms with Crippen molar-refractivity contribution < 1.29 is 2.74 Å². The molecule has 0 atom stereocenters. The highest BCUT2D eigenvalue weighted by Gasteiger charge is 2.43. The smallest absolute Gasteiger partial charge is 0.252 e. The van der Waals surface area contributed by atoms with Crippen molar-refractivity contribution in [3.05, 3.63) is 218 Å². The number of hydrogen-bond acceptors (Lipinski definition) is 2. The minimum Gasteiger partial charge on any atom is -0.311 e. The Morgan fingerprint density at radius 3 is 1.22 bits per heavy atom. The summed E-state index contributed by atoms with van der Waals surface area (Å²) in [5.41, 5.74) is 17.5. The van der Waals surface area contributed by atoms with Gasteiger partial charge in [0, 0.05) is 44.9 Å². The average Bonchev–Trinajstić information content (AvgIpc) is 3.64. The zero-order chi connectivity index (χ0) is 39.9. The molecule has 270 valence electrons. The van der Waals surface area contributed by atoms with Crippen LogP contribution in [0.3, 0.4) is 0 Å². The van der Waals surface area contributed by atoms with E-state index in [-0.39, 0.29) is 6.71 Å². The molecule has 0 saturated heterocycles. The van der Waals surface area contributed by atoms with Gasteiger partial charge in [-0.2, -0.15) is 0 Å². The quantitative estimate of drug-likeness (QED) is 0.163. The second kappa shape index (κ2) is 13.0. The van der Waals surface area contributed by atoms with E-state index in [9.17, 15) is 0 Å². The van der Waals surface area contributed by atoms with E-state index in [2.05, 4.69) is 196 Å². The summed E-state index contributed by atoms with van der Waals surface area (Å²) >= 11 is 0. The van der Waals surface area contributed by atoms with Gasteiger partial charge in [-0.25, -0.2) is 0 Å². The molecule has 0 unspecified atom stereocenters. The van der Waals surface area contributed by atoms with Crippen molar-refractivity contribution in [2.45, 2.75) is 0 Å². The minimum absolute atomic E-state index is 0.206. The third kappa shape index (κ3) is 4.95. The third-order valence-electron chi connectivity index (χ3n) is 12.0. The first-order valence-electron chi connectivity index (χ1n) is 20.9. The van der Waals surface area contributed by atoms with Gasteiger partial charge in [0.25, 0.3) is 6.71 Å². The highest BCUT2D eigenvalue weighted by atomic mass is 15.2. The summed E-state index contributed by atoms with van der Waals surface area (Å²) in [6, 6.07) is 73.8. The van der Waals surface area contributed by atoms with Crippen molar-refractivity contribution in [2.75, 3.05) is 9.80 Å². The van der Waals surface area contributed by atoms with Crippen molar-refractivity contribution in [3.63, 3.8) is 0 Å². The maximum Gasteiger partial charge on any atom is 0.252 e. The van der Waals surface area contributed by atoms with Crippen LogP contribution in [-0.4, -0.2) is 11.3 Å². The minimum atomic E-state index is -0.206. The number of para-hydroxylation sites is 4. The Balaban J connectivity index is 1.17. The Bertz CT molecular complexity index is 3070. The Morgan fingerprint density at radius 2 is 0.759 bits per heavy atom. The van der Waals surface area contributed by atoms with Crippen LogP contribution in [0.4, 0.5) is 34.1 Å². The number of fused-ring (bicyclic) bond motifs is 7. The molecule has 1 aromatic heterocycles. The molecular formula is C54H36BN3. The van der Waals surface area contributed by atoms with Crippen molar-refractivity contribution >= 4 is 79.0 Å². The molecule has 58 heavy (non-hydrogen) atoms. The summed E-state index contributed by atoms with van der Waals surface area (Å²) < 4.78 is 20.3. The Hall–Kier alpha value is -7.56. The first kappa shape index (κ1) is 30.6. The van der Waals surface area contributed by atoms with Crippen LogP contribution in [0.5, 0.6) is 0 Å². The molecule has 0 N–H and O–H groups in total. The van der Waals surface area contributed by atoms with Crippen molar-refractivity contribution in [1.29, 1.82) is 0 Å². The number of benzene rings is 9. The number of nitrogens with zero attached hydrogens (tertiary/aromatic N) is 3. The van der Waals surface area contributed by atoms with Gasteiger partial charge in [0.05, 0.1) is 19.5 Å². The molecule has 3 heterocycles. The van der Waals surface area contributed by atoms with Gasteiger partial charge in [-0.1, -0.05) is 158 Å². The van der Waals surface area contributed by atoms with E-state index >= 15 is 0 Å².